The number of aliphatic hydroxyl groups is 1. The lowest BCUT2D eigenvalue weighted by atomic mass is 10.3. The van der Waals surface area contributed by atoms with E-state index in [2.05, 4.69) is 4.72 Å². The fourth-order valence-corrected chi connectivity index (χ4v) is 2.57. The number of benzene rings is 1. The molecular formula is C10H15FN2O3S. The van der Waals surface area contributed by atoms with Crippen molar-refractivity contribution in [1.29, 1.82) is 0 Å². The largest absolute Gasteiger partial charge is 0.396 e. The molecule has 0 aliphatic rings. The van der Waals surface area contributed by atoms with E-state index in [1.165, 1.54) is 0 Å². The Labute approximate surface area is 99.5 Å². The summed E-state index contributed by atoms with van der Waals surface area (Å²) >= 11 is 0. The molecule has 0 aromatic heterocycles. The summed E-state index contributed by atoms with van der Waals surface area (Å²) in [5.74, 6) is -0.668. The molecule has 1 aromatic rings. The molecule has 1 aromatic carbocycles. The van der Waals surface area contributed by atoms with E-state index < -0.39 is 21.9 Å². The van der Waals surface area contributed by atoms with Gasteiger partial charge < -0.3 is 10.8 Å². The molecule has 0 heterocycles. The van der Waals surface area contributed by atoms with Crippen LogP contribution < -0.4 is 10.5 Å². The maximum Gasteiger partial charge on any atom is 0.240 e. The highest BCUT2D eigenvalue weighted by Gasteiger charge is 2.19. The number of aliphatic hydroxyl groups excluding tert-OH is 1. The summed E-state index contributed by atoms with van der Waals surface area (Å²) in [6, 6.07) is 2.59. The first-order chi connectivity index (χ1) is 7.90. The zero-order valence-corrected chi connectivity index (χ0v) is 10.2. The van der Waals surface area contributed by atoms with E-state index >= 15 is 0 Å². The van der Waals surface area contributed by atoms with Gasteiger partial charge in [0.2, 0.25) is 10.0 Å². The number of nitrogens with two attached hydrogens (primary N) is 1. The van der Waals surface area contributed by atoms with Crippen molar-refractivity contribution in [3.05, 3.63) is 24.0 Å². The van der Waals surface area contributed by atoms with Crippen LogP contribution in [0.3, 0.4) is 0 Å². The molecule has 96 valence electrons. The number of anilines is 1. The average molecular weight is 262 g/mol. The second-order valence-electron chi connectivity index (χ2n) is 3.59. The van der Waals surface area contributed by atoms with Crippen molar-refractivity contribution < 1.29 is 17.9 Å². The first-order valence-electron chi connectivity index (χ1n) is 5.09. The van der Waals surface area contributed by atoms with Crippen LogP contribution in [0.2, 0.25) is 0 Å². The maximum atomic E-state index is 12.9. The van der Waals surface area contributed by atoms with Gasteiger partial charge in [0.25, 0.3) is 0 Å². The minimum atomic E-state index is -3.78. The van der Waals surface area contributed by atoms with E-state index in [0.717, 1.165) is 18.2 Å². The molecule has 5 nitrogen and oxygen atoms in total. The third-order valence-corrected chi connectivity index (χ3v) is 3.83. The van der Waals surface area contributed by atoms with E-state index in [0.29, 0.717) is 6.42 Å². The van der Waals surface area contributed by atoms with Gasteiger partial charge >= 0.3 is 0 Å². The molecule has 0 saturated heterocycles. The van der Waals surface area contributed by atoms with Gasteiger partial charge in [0.05, 0.1) is 17.2 Å². The SMILES string of the molecule is CC[C@H](CO)NS(=O)(=O)c1ccc(F)c(N)c1. The number of nitrogen functional groups attached to an aromatic ring is 1. The monoisotopic (exact) mass is 262 g/mol. The van der Waals surface area contributed by atoms with Gasteiger partial charge in [-0.15, -0.1) is 0 Å². The normalized spacial score (nSPS) is 13.6. The highest BCUT2D eigenvalue weighted by atomic mass is 32.2. The average Bonchev–Trinajstić information content (AvgIpc) is 2.29. The van der Waals surface area contributed by atoms with Gasteiger partial charge in [0.15, 0.2) is 0 Å². The number of sulfonamides is 1. The second kappa shape index (κ2) is 5.44. The van der Waals surface area contributed by atoms with Gasteiger partial charge in [-0.2, -0.15) is 0 Å². The van der Waals surface area contributed by atoms with Gasteiger partial charge in [-0.1, -0.05) is 6.92 Å². The molecule has 0 fully saturated rings. The van der Waals surface area contributed by atoms with Gasteiger partial charge in [0.1, 0.15) is 5.82 Å². The fraction of sp³-hybridized carbons (Fsp3) is 0.400. The maximum absolute atomic E-state index is 12.9. The van der Waals surface area contributed by atoms with Crippen LogP contribution in [-0.4, -0.2) is 26.2 Å². The zero-order chi connectivity index (χ0) is 13.1. The van der Waals surface area contributed by atoms with E-state index in [4.69, 9.17) is 10.8 Å². The van der Waals surface area contributed by atoms with Crippen molar-refractivity contribution in [2.75, 3.05) is 12.3 Å². The summed E-state index contributed by atoms with van der Waals surface area (Å²) in [5.41, 5.74) is 5.06. The molecule has 0 spiro atoms. The van der Waals surface area contributed by atoms with Crippen LogP contribution in [0.25, 0.3) is 0 Å². The molecule has 0 amide bonds. The Balaban J connectivity index is 3.01. The molecule has 0 aliphatic carbocycles. The molecule has 0 unspecified atom stereocenters. The van der Waals surface area contributed by atoms with E-state index in [1.807, 2.05) is 0 Å². The number of nitrogens with one attached hydrogen (secondary N) is 1. The summed E-state index contributed by atoms with van der Waals surface area (Å²) < 4.78 is 38.8. The highest BCUT2D eigenvalue weighted by molar-refractivity contribution is 7.89. The van der Waals surface area contributed by atoms with Crippen molar-refractivity contribution >= 4 is 15.7 Å². The van der Waals surface area contributed by atoms with Crippen molar-refractivity contribution in [2.24, 2.45) is 0 Å². The van der Waals surface area contributed by atoms with Gasteiger partial charge in [0, 0.05) is 6.04 Å². The second-order valence-corrected chi connectivity index (χ2v) is 5.31. The number of halogens is 1. The predicted octanol–water partition coefficient (Wildman–Crippen LogP) is 0.457. The van der Waals surface area contributed by atoms with Crippen molar-refractivity contribution in [3.63, 3.8) is 0 Å². The third kappa shape index (κ3) is 3.39. The molecule has 7 heteroatoms. The van der Waals surface area contributed by atoms with Gasteiger partial charge in [-0.3, -0.25) is 0 Å². The highest BCUT2D eigenvalue weighted by Crippen LogP contribution is 2.16. The van der Waals surface area contributed by atoms with Crippen LogP contribution in [0.15, 0.2) is 23.1 Å². The van der Waals surface area contributed by atoms with Crippen LogP contribution in [0.1, 0.15) is 13.3 Å². The molecule has 4 N–H and O–H groups in total. The summed E-state index contributed by atoms with van der Waals surface area (Å²) in [7, 11) is -3.78. The zero-order valence-electron chi connectivity index (χ0n) is 9.35. The summed E-state index contributed by atoms with van der Waals surface area (Å²) in [6.45, 7) is 1.44. The lowest BCUT2D eigenvalue weighted by Gasteiger charge is -2.14. The Morgan fingerprint density at radius 3 is 2.65 bits per heavy atom. The topological polar surface area (TPSA) is 92.4 Å². The van der Waals surface area contributed by atoms with Crippen molar-refractivity contribution in [1.82, 2.24) is 4.72 Å². The van der Waals surface area contributed by atoms with Crippen LogP contribution >= 0.6 is 0 Å². The van der Waals surface area contributed by atoms with Gasteiger partial charge in [-0.25, -0.2) is 17.5 Å². The Bertz CT molecular complexity index is 486. The molecule has 0 bridgehead atoms. The Morgan fingerprint density at radius 1 is 1.53 bits per heavy atom. The molecule has 1 atom stereocenters. The smallest absolute Gasteiger partial charge is 0.240 e. The van der Waals surface area contributed by atoms with E-state index in [1.54, 1.807) is 6.92 Å². The Morgan fingerprint density at radius 2 is 2.18 bits per heavy atom. The molecule has 0 aliphatic heterocycles. The third-order valence-electron chi connectivity index (χ3n) is 2.31. The van der Waals surface area contributed by atoms with Crippen LogP contribution in [0.5, 0.6) is 0 Å². The van der Waals surface area contributed by atoms with Crippen molar-refractivity contribution in [3.8, 4) is 0 Å². The Kier molecular flexibility index (Phi) is 4.44. The number of hydrogen-bond acceptors (Lipinski definition) is 4. The van der Waals surface area contributed by atoms with E-state index in [-0.39, 0.29) is 17.2 Å². The first-order valence-corrected chi connectivity index (χ1v) is 6.57. The standard InChI is InChI=1S/C10H15FN2O3S/c1-2-7(6-14)13-17(15,16)8-3-4-9(11)10(12)5-8/h3-5,7,13-14H,2,6,12H2,1H3/t7-/m1/s1. The summed E-state index contributed by atoms with van der Waals surface area (Å²) in [4.78, 5) is -0.122. The molecule has 17 heavy (non-hydrogen) atoms. The summed E-state index contributed by atoms with van der Waals surface area (Å²) in [6.07, 6.45) is 0.451. The lowest BCUT2D eigenvalue weighted by molar-refractivity contribution is 0.254. The van der Waals surface area contributed by atoms with Crippen LogP contribution in [0.4, 0.5) is 10.1 Å². The molecule has 0 saturated carbocycles. The fourth-order valence-electron chi connectivity index (χ4n) is 1.23. The number of hydrogen-bond donors (Lipinski definition) is 3. The quantitative estimate of drug-likeness (QED) is 0.672. The van der Waals surface area contributed by atoms with E-state index in [9.17, 15) is 12.8 Å². The minimum Gasteiger partial charge on any atom is -0.396 e. The predicted molar refractivity (Wildman–Crippen MR) is 62.3 cm³/mol. The van der Waals surface area contributed by atoms with Crippen LogP contribution in [0, 0.1) is 5.82 Å². The number of rotatable bonds is 5. The summed E-state index contributed by atoms with van der Waals surface area (Å²) in [5, 5.41) is 8.92. The Hall–Kier alpha value is -1.18. The first kappa shape index (κ1) is 13.9. The van der Waals surface area contributed by atoms with Crippen molar-refractivity contribution in [2.45, 2.75) is 24.3 Å². The lowest BCUT2D eigenvalue weighted by Crippen LogP contribution is -2.36. The van der Waals surface area contributed by atoms with Gasteiger partial charge in [-0.05, 0) is 24.6 Å². The molecular weight excluding hydrogens is 247 g/mol. The van der Waals surface area contributed by atoms with Crippen LogP contribution in [-0.2, 0) is 10.0 Å². The minimum absolute atomic E-state index is 0.122. The molecule has 1 rings (SSSR count). The molecule has 0 radical (unpaired) electrons.